The van der Waals surface area contributed by atoms with Crippen LogP contribution in [0.2, 0.25) is 5.02 Å². The maximum atomic E-state index is 14.0. The van der Waals surface area contributed by atoms with Gasteiger partial charge in [0.2, 0.25) is 17.7 Å². The monoisotopic (exact) mass is 588 g/mol. The predicted octanol–water partition coefficient (Wildman–Crippen LogP) is 5.70. The number of halogens is 1. The maximum absolute atomic E-state index is 14.0. The molecule has 3 atom stereocenters. The predicted molar refractivity (Wildman–Crippen MR) is 160 cm³/mol. The fraction of sp³-hybridized carbons (Fsp3) is 0.200. The van der Waals surface area contributed by atoms with E-state index in [4.69, 9.17) is 16.3 Å². The second-order valence-corrected chi connectivity index (χ2v) is 12.0. The molecular formula is C35H25ClN2O5. The van der Waals surface area contributed by atoms with Crippen molar-refractivity contribution < 1.29 is 23.9 Å². The summed E-state index contributed by atoms with van der Waals surface area (Å²) >= 11 is 6.08. The molecule has 0 N–H and O–H groups in total. The third-order valence-corrected chi connectivity index (χ3v) is 9.58. The van der Waals surface area contributed by atoms with Gasteiger partial charge in [-0.15, -0.1) is 0 Å². The van der Waals surface area contributed by atoms with E-state index in [-0.39, 0.29) is 48.3 Å². The number of ether oxygens (including phenoxy) is 1. The van der Waals surface area contributed by atoms with E-state index in [9.17, 15) is 19.2 Å². The van der Waals surface area contributed by atoms with Gasteiger partial charge in [0.05, 0.1) is 23.4 Å². The first kappa shape index (κ1) is 25.9. The number of rotatable bonds is 4. The second kappa shape index (κ2) is 9.64. The van der Waals surface area contributed by atoms with Crippen LogP contribution in [0.25, 0.3) is 0 Å². The Labute approximate surface area is 252 Å². The maximum Gasteiger partial charge on any atom is 0.316 e. The van der Waals surface area contributed by atoms with Gasteiger partial charge in [-0.05, 0) is 64.7 Å². The summed E-state index contributed by atoms with van der Waals surface area (Å²) in [6.07, 6.45) is 0.0378. The summed E-state index contributed by atoms with van der Waals surface area (Å²) in [5.41, 5.74) is 5.57. The van der Waals surface area contributed by atoms with Crippen molar-refractivity contribution in [3.63, 3.8) is 0 Å². The molecule has 0 unspecified atom stereocenters. The minimum Gasteiger partial charge on any atom is -0.426 e. The quantitative estimate of drug-likeness (QED) is 0.174. The standard InChI is InChI=1S/C35H25ClN2O5/c36-20-6-5-7-22(17-20)37-18-19(16-28(37)39)35(42)43-23-14-12-21(13-15-23)38-33(40)31-29-24-8-1-2-9-25(24)30(32(31)34(38)41)27-11-4-3-10-26(27)29/h1-15,17,19,29-32H,16,18H2/t19-,29?,30?,31-,32+/m1/s1. The van der Waals surface area contributed by atoms with E-state index < -0.39 is 23.7 Å². The molecule has 43 heavy (non-hydrogen) atoms. The zero-order valence-electron chi connectivity index (χ0n) is 22.9. The van der Waals surface area contributed by atoms with Crippen molar-refractivity contribution >= 4 is 46.7 Å². The number of anilines is 2. The van der Waals surface area contributed by atoms with Crippen LogP contribution in [0.15, 0.2) is 97.1 Å². The van der Waals surface area contributed by atoms with Crippen molar-refractivity contribution in [1.82, 2.24) is 0 Å². The molecule has 3 amide bonds. The highest BCUT2D eigenvalue weighted by Gasteiger charge is 2.61. The number of imide groups is 1. The Kier molecular flexibility index (Phi) is 5.81. The van der Waals surface area contributed by atoms with E-state index in [1.165, 1.54) is 9.80 Å². The summed E-state index contributed by atoms with van der Waals surface area (Å²) in [7, 11) is 0. The van der Waals surface area contributed by atoms with E-state index in [1.54, 1.807) is 48.5 Å². The fourth-order valence-electron chi connectivity index (χ4n) is 7.55. The molecule has 9 rings (SSSR count). The minimum absolute atomic E-state index is 0.0378. The third kappa shape index (κ3) is 3.88. The SMILES string of the molecule is O=C(Oc1ccc(N2C(=O)[C@@H]3C4c5ccccc5C(c5ccccc54)[C@@H]3C2=O)cc1)[C@@H]1CC(=O)N(c2cccc(Cl)c2)C1. The molecule has 0 spiro atoms. The summed E-state index contributed by atoms with van der Waals surface area (Å²) < 4.78 is 5.62. The number of benzene rings is 4. The highest BCUT2D eigenvalue weighted by molar-refractivity contribution is 6.31. The van der Waals surface area contributed by atoms with Gasteiger partial charge in [0, 0.05) is 35.5 Å². The largest absolute Gasteiger partial charge is 0.426 e. The van der Waals surface area contributed by atoms with Crippen LogP contribution in [0.4, 0.5) is 11.4 Å². The van der Waals surface area contributed by atoms with Gasteiger partial charge in [-0.1, -0.05) is 66.2 Å². The van der Waals surface area contributed by atoms with Crippen molar-refractivity contribution in [3.8, 4) is 5.75 Å². The normalized spacial score (nSPS) is 25.0. The molecule has 0 aromatic heterocycles. The van der Waals surface area contributed by atoms with Crippen molar-refractivity contribution in [2.24, 2.45) is 17.8 Å². The molecule has 2 heterocycles. The molecule has 2 saturated heterocycles. The van der Waals surface area contributed by atoms with E-state index in [0.29, 0.717) is 16.4 Å². The molecule has 3 aliphatic carbocycles. The molecule has 5 aliphatic rings. The Morgan fingerprint density at radius 1 is 0.698 bits per heavy atom. The topological polar surface area (TPSA) is 84.0 Å². The van der Waals surface area contributed by atoms with Gasteiger partial charge in [-0.3, -0.25) is 19.2 Å². The van der Waals surface area contributed by atoms with Crippen LogP contribution in [-0.4, -0.2) is 30.2 Å². The molecule has 4 aromatic rings. The molecule has 2 fully saturated rings. The number of amides is 3. The number of carbonyl (C=O) groups is 4. The van der Waals surface area contributed by atoms with Gasteiger partial charge in [-0.2, -0.15) is 0 Å². The van der Waals surface area contributed by atoms with Crippen molar-refractivity contribution in [2.45, 2.75) is 18.3 Å². The zero-order chi connectivity index (χ0) is 29.4. The van der Waals surface area contributed by atoms with Gasteiger partial charge in [0.15, 0.2) is 0 Å². The molecule has 0 saturated carbocycles. The lowest BCUT2D eigenvalue weighted by molar-refractivity contribution is -0.139. The number of hydrogen-bond donors (Lipinski definition) is 0. The first-order valence-corrected chi connectivity index (χ1v) is 14.7. The summed E-state index contributed by atoms with van der Waals surface area (Å²) in [5, 5.41) is 0.507. The number of carbonyl (C=O) groups excluding carboxylic acids is 4. The zero-order valence-corrected chi connectivity index (χ0v) is 23.6. The Hall–Kier alpha value is -4.75. The number of hydrogen-bond acceptors (Lipinski definition) is 5. The molecule has 212 valence electrons. The third-order valence-electron chi connectivity index (χ3n) is 9.34. The van der Waals surface area contributed by atoms with Gasteiger partial charge in [-0.25, -0.2) is 4.90 Å². The molecule has 4 aromatic carbocycles. The van der Waals surface area contributed by atoms with Crippen LogP contribution in [-0.2, 0) is 19.2 Å². The number of esters is 1. The molecule has 2 aliphatic heterocycles. The first-order valence-electron chi connectivity index (χ1n) is 14.3. The number of nitrogens with zero attached hydrogens (tertiary/aromatic N) is 2. The average molecular weight is 589 g/mol. The van der Waals surface area contributed by atoms with Crippen molar-refractivity contribution in [1.29, 1.82) is 0 Å². The Morgan fingerprint density at radius 3 is 1.79 bits per heavy atom. The minimum atomic E-state index is -0.630. The van der Waals surface area contributed by atoms with Gasteiger partial charge >= 0.3 is 5.97 Å². The molecular weight excluding hydrogens is 564 g/mol. The van der Waals surface area contributed by atoms with Crippen LogP contribution >= 0.6 is 11.6 Å². The van der Waals surface area contributed by atoms with Gasteiger partial charge in [0.25, 0.3) is 0 Å². The van der Waals surface area contributed by atoms with Crippen LogP contribution in [0, 0.1) is 17.8 Å². The highest BCUT2D eigenvalue weighted by Crippen LogP contribution is 2.61. The smallest absolute Gasteiger partial charge is 0.316 e. The lowest BCUT2D eigenvalue weighted by atomic mass is 9.55. The van der Waals surface area contributed by atoms with Crippen molar-refractivity contribution in [3.05, 3.63) is 124 Å². The summed E-state index contributed by atoms with van der Waals surface area (Å²) in [5.74, 6) is -2.75. The van der Waals surface area contributed by atoms with E-state index in [1.807, 2.05) is 24.3 Å². The van der Waals surface area contributed by atoms with E-state index in [2.05, 4.69) is 24.3 Å². The van der Waals surface area contributed by atoms with Crippen molar-refractivity contribution in [2.75, 3.05) is 16.3 Å². The first-order chi connectivity index (χ1) is 20.9. The Morgan fingerprint density at radius 2 is 1.26 bits per heavy atom. The fourth-order valence-corrected chi connectivity index (χ4v) is 7.74. The molecule has 0 radical (unpaired) electrons. The van der Waals surface area contributed by atoms with E-state index >= 15 is 0 Å². The van der Waals surface area contributed by atoms with Gasteiger partial charge in [0.1, 0.15) is 5.75 Å². The Balaban J connectivity index is 1.02. The van der Waals surface area contributed by atoms with Crippen LogP contribution < -0.4 is 14.5 Å². The molecule has 2 bridgehead atoms. The highest BCUT2D eigenvalue weighted by atomic mass is 35.5. The van der Waals surface area contributed by atoms with Crippen LogP contribution in [0.5, 0.6) is 5.75 Å². The van der Waals surface area contributed by atoms with Gasteiger partial charge < -0.3 is 9.64 Å². The van der Waals surface area contributed by atoms with Crippen LogP contribution in [0.1, 0.15) is 40.5 Å². The average Bonchev–Trinajstić information content (AvgIpc) is 3.54. The molecule has 7 nitrogen and oxygen atoms in total. The van der Waals surface area contributed by atoms with Crippen LogP contribution in [0.3, 0.4) is 0 Å². The summed E-state index contributed by atoms with van der Waals surface area (Å²) in [4.78, 5) is 56.4. The summed E-state index contributed by atoms with van der Waals surface area (Å²) in [6.45, 7) is 0.197. The molecule has 8 heteroatoms. The lowest BCUT2D eigenvalue weighted by Gasteiger charge is -2.45. The lowest BCUT2D eigenvalue weighted by Crippen LogP contribution is -2.41. The summed E-state index contributed by atoms with van der Waals surface area (Å²) in [6, 6.07) is 29.7. The Bertz CT molecular complexity index is 1740. The van der Waals surface area contributed by atoms with E-state index in [0.717, 1.165) is 22.3 Å². The second-order valence-electron chi connectivity index (χ2n) is 11.6.